The molecule has 9 nitrogen and oxygen atoms in total. The molecule has 1 atom stereocenters. The molecule has 0 spiro atoms. The molecule has 0 N–H and O–H groups in total. The number of hydrogen-bond donors (Lipinski definition) is 0. The van der Waals surface area contributed by atoms with Crippen LogP contribution in [-0.2, 0) is 0 Å². The molecule has 0 fully saturated rings. The highest BCUT2D eigenvalue weighted by Gasteiger charge is 2.25. The van der Waals surface area contributed by atoms with Gasteiger partial charge >= 0.3 is 0 Å². The van der Waals surface area contributed by atoms with Crippen molar-refractivity contribution in [2.45, 2.75) is 17.3 Å². The van der Waals surface area contributed by atoms with Crippen molar-refractivity contribution in [1.82, 2.24) is 14.8 Å². The molecule has 30 heavy (non-hydrogen) atoms. The van der Waals surface area contributed by atoms with E-state index in [9.17, 15) is 10.1 Å². The van der Waals surface area contributed by atoms with Gasteiger partial charge in [0.2, 0.25) is 6.54 Å². The second-order valence-electron chi connectivity index (χ2n) is 6.30. The summed E-state index contributed by atoms with van der Waals surface area (Å²) in [6, 6.07) is 12.7. The van der Waals surface area contributed by atoms with Crippen molar-refractivity contribution in [3.63, 3.8) is 0 Å². The SMILES string of the molecule is COc1ccc(-n2c(C)nnc2S[C@H](C[N+](=O)[O-])c2ccc(OC)c(OC)c2)cc1. The lowest BCUT2D eigenvalue weighted by atomic mass is 10.1. The topological polar surface area (TPSA) is 102 Å². The zero-order valence-electron chi connectivity index (χ0n) is 17.1. The van der Waals surface area contributed by atoms with Gasteiger partial charge in [-0.25, -0.2) is 0 Å². The zero-order valence-corrected chi connectivity index (χ0v) is 17.9. The van der Waals surface area contributed by atoms with Crippen molar-refractivity contribution >= 4 is 11.8 Å². The lowest BCUT2D eigenvalue weighted by Crippen LogP contribution is -2.11. The third-order valence-corrected chi connectivity index (χ3v) is 5.65. The number of thioether (sulfide) groups is 1. The maximum Gasteiger partial charge on any atom is 0.220 e. The van der Waals surface area contributed by atoms with Gasteiger partial charge in [-0.1, -0.05) is 17.8 Å². The molecule has 3 rings (SSSR count). The molecule has 10 heteroatoms. The Hall–Kier alpha value is -3.27. The number of hydrogen-bond acceptors (Lipinski definition) is 8. The number of aryl methyl sites for hydroxylation is 1. The van der Waals surface area contributed by atoms with Crippen molar-refractivity contribution in [3.8, 4) is 22.9 Å². The Kier molecular flexibility index (Phi) is 6.78. The normalized spacial score (nSPS) is 11.7. The number of aromatic nitrogens is 3. The molecule has 0 bridgehead atoms. The minimum Gasteiger partial charge on any atom is -0.497 e. The fraction of sp³-hybridized carbons (Fsp3) is 0.300. The molecule has 158 valence electrons. The first-order valence-electron chi connectivity index (χ1n) is 9.03. The summed E-state index contributed by atoms with van der Waals surface area (Å²) >= 11 is 1.28. The minimum absolute atomic E-state index is 0.283. The largest absolute Gasteiger partial charge is 0.497 e. The molecule has 0 aliphatic rings. The summed E-state index contributed by atoms with van der Waals surface area (Å²) in [7, 11) is 4.67. The van der Waals surface area contributed by atoms with Gasteiger partial charge in [0.25, 0.3) is 0 Å². The first-order valence-corrected chi connectivity index (χ1v) is 9.91. The summed E-state index contributed by atoms with van der Waals surface area (Å²) in [4.78, 5) is 11.0. The smallest absolute Gasteiger partial charge is 0.220 e. The monoisotopic (exact) mass is 430 g/mol. The summed E-state index contributed by atoms with van der Waals surface area (Å²) in [5.41, 5.74) is 1.57. The van der Waals surface area contributed by atoms with Gasteiger partial charge in [0.05, 0.1) is 21.3 Å². The van der Waals surface area contributed by atoms with Gasteiger partial charge in [0.15, 0.2) is 16.7 Å². The van der Waals surface area contributed by atoms with Crippen molar-refractivity contribution in [2.24, 2.45) is 0 Å². The molecule has 0 aliphatic carbocycles. The van der Waals surface area contributed by atoms with Gasteiger partial charge in [-0.2, -0.15) is 0 Å². The number of benzene rings is 2. The third kappa shape index (κ3) is 4.65. The molecular weight excluding hydrogens is 408 g/mol. The van der Waals surface area contributed by atoms with E-state index in [1.807, 2.05) is 35.8 Å². The van der Waals surface area contributed by atoms with E-state index >= 15 is 0 Å². The molecule has 0 aliphatic heterocycles. The van der Waals surface area contributed by atoms with Crippen LogP contribution in [0.25, 0.3) is 5.69 Å². The summed E-state index contributed by atoms with van der Waals surface area (Å²) in [6.45, 7) is 1.55. The minimum atomic E-state index is -0.500. The standard InChI is InChI=1S/C20H22N4O5S/c1-13-21-22-20(24(13)15-6-8-16(27-2)9-7-15)30-19(12-23(25)26)14-5-10-17(28-3)18(11-14)29-4/h5-11,19H,12H2,1-4H3/t19-/m1/s1. The van der Waals surface area contributed by atoms with E-state index in [0.717, 1.165) is 17.0 Å². The number of ether oxygens (including phenoxy) is 3. The van der Waals surface area contributed by atoms with Gasteiger partial charge in [-0.05, 0) is 48.9 Å². The molecule has 0 radical (unpaired) electrons. The zero-order chi connectivity index (χ0) is 21.7. The van der Waals surface area contributed by atoms with Gasteiger partial charge in [-0.3, -0.25) is 14.7 Å². The molecule has 0 amide bonds. The molecule has 2 aromatic carbocycles. The van der Waals surface area contributed by atoms with Crippen LogP contribution < -0.4 is 14.2 Å². The number of nitrogens with zero attached hydrogens (tertiary/aromatic N) is 4. The van der Waals surface area contributed by atoms with Crippen LogP contribution in [0.2, 0.25) is 0 Å². The van der Waals surface area contributed by atoms with E-state index in [1.54, 1.807) is 32.4 Å². The summed E-state index contributed by atoms with van der Waals surface area (Å²) in [6.07, 6.45) is 0. The molecule has 0 saturated heterocycles. The van der Waals surface area contributed by atoms with Crippen LogP contribution in [0.3, 0.4) is 0 Å². The van der Waals surface area contributed by atoms with Gasteiger partial charge in [0.1, 0.15) is 16.8 Å². The lowest BCUT2D eigenvalue weighted by Gasteiger charge is -2.16. The van der Waals surface area contributed by atoms with Crippen molar-refractivity contribution in [1.29, 1.82) is 0 Å². The number of methoxy groups -OCH3 is 3. The van der Waals surface area contributed by atoms with Crippen molar-refractivity contribution in [2.75, 3.05) is 27.9 Å². The highest BCUT2D eigenvalue weighted by molar-refractivity contribution is 7.99. The van der Waals surface area contributed by atoms with Crippen molar-refractivity contribution in [3.05, 3.63) is 64.0 Å². The van der Waals surface area contributed by atoms with Gasteiger partial charge in [0, 0.05) is 10.6 Å². The summed E-state index contributed by atoms with van der Waals surface area (Å²) in [5, 5.41) is 19.8. The molecule has 3 aromatic rings. The highest BCUT2D eigenvalue weighted by atomic mass is 32.2. The van der Waals surface area contributed by atoms with E-state index in [0.29, 0.717) is 22.5 Å². The van der Waals surface area contributed by atoms with E-state index in [2.05, 4.69) is 10.2 Å². The van der Waals surface area contributed by atoms with Gasteiger partial charge < -0.3 is 14.2 Å². The van der Waals surface area contributed by atoms with E-state index in [4.69, 9.17) is 14.2 Å². The lowest BCUT2D eigenvalue weighted by molar-refractivity contribution is -0.479. The fourth-order valence-electron chi connectivity index (χ4n) is 2.97. The van der Waals surface area contributed by atoms with Crippen LogP contribution >= 0.6 is 11.8 Å². The van der Waals surface area contributed by atoms with Crippen LogP contribution in [0, 0.1) is 17.0 Å². The summed E-state index contributed by atoms with van der Waals surface area (Å²) < 4.78 is 17.7. The third-order valence-electron chi connectivity index (χ3n) is 4.47. The molecular formula is C20H22N4O5S. The Bertz CT molecular complexity index is 1020. The van der Waals surface area contributed by atoms with Gasteiger partial charge in [-0.15, -0.1) is 10.2 Å². The Morgan fingerprint density at radius 3 is 2.33 bits per heavy atom. The Morgan fingerprint density at radius 1 is 1.03 bits per heavy atom. The quantitative estimate of drug-likeness (QED) is 0.288. The predicted octanol–water partition coefficient (Wildman–Crippen LogP) is 3.71. The van der Waals surface area contributed by atoms with Crippen LogP contribution in [0.1, 0.15) is 16.6 Å². The predicted molar refractivity (Wildman–Crippen MR) is 113 cm³/mol. The molecule has 0 unspecified atom stereocenters. The van der Waals surface area contributed by atoms with E-state index < -0.39 is 5.25 Å². The number of rotatable bonds is 9. The average Bonchev–Trinajstić information content (AvgIpc) is 3.12. The van der Waals surface area contributed by atoms with E-state index in [1.165, 1.54) is 18.9 Å². The fourth-order valence-corrected chi connectivity index (χ4v) is 4.14. The molecule has 1 aromatic heterocycles. The Balaban J connectivity index is 1.97. The second-order valence-corrected chi connectivity index (χ2v) is 7.47. The average molecular weight is 430 g/mol. The van der Waals surface area contributed by atoms with E-state index in [-0.39, 0.29) is 11.5 Å². The van der Waals surface area contributed by atoms with Crippen LogP contribution in [0.5, 0.6) is 17.2 Å². The van der Waals surface area contributed by atoms with Crippen molar-refractivity contribution < 1.29 is 19.1 Å². The second kappa shape index (κ2) is 9.49. The van der Waals surface area contributed by atoms with Crippen LogP contribution in [0.4, 0.5) is 0 Å². The maximum absolute atomic E-state index is 11.4. The molecule has 0 saturated carbocycles. The highest BCUT2D eigenvalue weighted by Crippen LogP contribution is 2.39. The first kappa shape index (κ1) is 21.4. The number of nitro groups is 1. The Morgan fingerprint density at radius 2 is 1.73 bits per heavy atom. The summed E-state index contributed by atoms with van der Waals surface area (Å²) in [5.74, 6) is 2.48. The Labute approximate surface area is 178 Å². The first-order chi connectivity index (χ1) is 14.5. The molecule has 1 heterocycles. The van der Waals surface area contributed by atoms with Crippen LogP contribution in [-0.4, -0.2) is 47.6 Å². The van der Waals surface area contributed by atoms with Crippen LogP contribution in [0.15, 0.2) is 47.6 Å². The maximum atomic E-state index is 11.4.